The zero-order valence-electron chi connectivity index (χ0n) is 10.3. The molecule has 6 heteroatoms. The first-order valence-electron chi connectivity index (χ1n) is 5.89. The molecule has 0 saturated heterocycles. The summed E-state index contributed by atoms with van der Waals surface area (Å²) in [5.74, 6) is 0.443. The van der Waals surface area contributed by atoms with E-state index >= 15 is 0 Å². The van der Waals surface area contributed by atoms with Crippen LogP contribution in [-0.4, -0.2) is 24.7 Å². The van der Waals surface area contributed by atoms with Crippen molar-refractivity contribution in [1.29, 1.82) is 0 Å². The molecule has 1 aromatic heterocycles. The minimum atomic E-state index is -4.33. The molecule has 0 unspecified atom stereocenters. The van der Waals surface area contributed by atoms with Crippen molar-refractivity contribution in [2.45, 2.75) is 25.9 Å². The standard InChI is InChI=1S/C12H17F3N2O/c1-2-7-18-8-3-6-16-11-5-4-10(9-17-11)12(13,14)15/h4-5,9H,2-3,6-8H2,1H3,(H,16,17). The number of halogens is 3. The minimum Gasteiger partial charge on any atom is -0.381 e. The summed E-state index contributed by atoms with van der Waals surface area (Å²) in [6.45, 7) is 4.03. The molecular formula is C12H17F3N2O. The zero-order valence-corrected chi connectivity index (χ0v) is 10.3. The average molecular weight is 262 g/mol. The van der Waals surface area contributed by atoms with Crippen LogP contribution in [0.25, 0.3) is 0 Å². The van der Waals surface area contributed by atoms with E-state index < -0.39 is 11.7 Å². The van der Waals surface area contributed by atoms with Gasteiger partial charge in [-0.3, -0.25) is 0 Å². The Morgan fingerprint density at radius 3 is 2.61 bits per heavy atom. The molecule has 0 amide bonds. The van der Waals surface area contributed by atoms with Crippen molar-refractivity contribution >= 4 is 5.82 Å². The van der Waals surface area contributed by atoms with Gasteiger partial charge < -0.3 is 10.1 Å². The predicted molar refractivity (Wildman–Crippen MR) is 63.5 cm³/mol. The normalized spacial score (nSPS) is 11.6. The summed E-state index contributed by atoms with van der Waals surface area (Å²) in [7, 11) is 0. The van der Waals surface area contributed by atoms with Crippen LogP contribution >= 0.6 is 0 Å². The van der Waals surface area contributed by atoms with E-state index in [4.69, 9.17) is 4.74 Å². The van der Waals surface area contributed by atoms with Crippen LogP contribution in [0.2, 0.25) is 0 Å². The fourth-order valence-corrected chi connectivity index (χ4v) is 1.30. The molecule has 0 atom stereocenters. The second-order valence-corrected chi connectivity index (χ2v) is 3.82. The molecule has 3 nitrogen and oxygen atoms in total. The van der Waals surface area contributed by atoms with Crippen molar-refractivity contribution in [2.24, 2.45) is 0 Å². The molecule has 1 rings (SSSR count). The second-order valence-electron chi connectivity index (χ2n) is 3.82. The van der Waals surface area contributed by atoms with Crippen LogP contribution in [0.15, 0.2) is 18.3 Å². The Kier molecular flexibility index (Phi) is 5.91. The highest BCUT2D eigenvalue weighted by molar-refractivity contribution is 5.35. The van der Waals surface area contributed by atoms with Crippen LogP contribution in [-0.2, 0) is 10.9 Å². The quantitative estimate of drug-likeness (QED) is 0.765. The summed E-state index contributed by atoms with van der Waals surface area (Å²) >= 11 is 0. The largest absolute Gasteiger partial charge is 0.417 e. The van der Waals surface area contributed by atoms with Gasteiger partial charge in [0.25, 0.3) is 0 Å². The first-order chi connectivity index (χ1) is 8.54. The SMILES string of the molecule is CCCOCCCNc1ccc(C(F)(F)F)cn1. The highest BCUT2D eigenvalue weighted by Crippen LogP contribution is 2.28. The van der Waals surface area contributed by atoms with Gasteiger partial charge in [-0.1, -0.05) is 6.92 Å². The first-order valence-corrected chi connectivity index (χ1v) is 5.89. The van der Waals surface area contributed by atoms with Crippen LogP contribution in [0, 0.1) is 0 Å². The zero-order chi connectivity index (χ0) is 13.4. The van der Waals surface area contributed by atoms with E-state index in [2.05, 4.69) is 10.3 Å². The topological polar surface area (TPSA) is 34.1 Å². The van der Waals surface area contributed by atoms with Gasteiger partial charge in [0, 0.05) is 26.0 Å². The van der Waals surface area contributed by atoms with Gasteiger partial charge in [0.15, 0.2) is 0 Å². The van der Waals surface area contributed by atoms with Crippen molar-refractivity contribution in [3.63, 3.8) is 0 Å². The Balaban J connectivity index is 2.27. The van der Waals surface area contributed by atoms with Crippen molar-refractivity contribution in [3.8, 4) is 0 Å². The number of anilines is 1. The minimum absolute atomic E-state index is 0.443. The van der Waals surface area contributed by atoms with Crippen LogP contribution in [0.5, 0.6) is 0 Å². The van der Waals surface area contributed by atoms with Gasteiger partial charge in [-0.05, 0) is 25.0 Å². The molecule has 0 saturated carbocycles. The van der Waals surface area contributed by atoms with Gasteiger partial charge in [0.1, 0.15) is 5.82 Å². The Morgan fingerprint density at radius 2 is 2.06 bits per heavy atom. The summed E-state index contributed by atoms with van der Waals surface area (Å²) in [6.07, 6.45) is -1.73. The lowest BCUT2D eigenvalue weighted by atomic mass is 10.3. The molecule has 18 heavy (non-hydrogen) atoms. The van der Waals surface area contributed by atoms with E-state index in [1.54, 1.807) is 0 Å². The number of ether oxygens (including phenoxy) is 1. The molecule has 0 aromatic carbocycles. The van der Waals surface area contributed by atoms with Crippen LogP contribution in [0.3, 0.4) is 0 Å². The summed E-state index contributed by atoms with van der Waals surface area (Å²) in [5.41, 5.74) is -0.737. The van der Waals surface area contributed by atoms with E-state index in [1.165, 1.54) is 6.07 Å². The monoisotopic (exact) mass is 262 g/mol. The predicted octanol–water partition coefficient (Wildman–Crippen LogP) is 3.33. The Bertz CT molecular complexity index is 338. The van der Waals surface area contributed by atoms with Crippen molar-refractivity contribution < 1.29 is 17.9 Å². The molecule has 0 aliphatic heterocycles. The smallest absolute Gasteiger partial charge is 0.381 e. The second kappa shape index (κ2) is 7.20. The lowest BCUT2D eigenvalue weighted by Gasteiger charge is -2.08. The van der Waals surface area contributed by atoms with Crippen molar-refractivity contribution in [1.82, 2.24) is 4.98 Å². The molecule has 0 aliphatic rings. The molecule has 0 bridgehead atoms. The molecule has 0 radical (unpaired) electrons. The number of rotatable bonds is 7. The van der Waals surface area contributed by atoms with Gasteiger partial charge in [-0.15, -0.1) is 0 Å². The molecule has 0 fully saturated rings. The number of nitrogens with zero attached hydrogens (tertiary/aromatic N) is 1. The lowest BCUT2D eigenvalue weighted by Crippen LogP contribution is -2.09. The third-order valence-electron chi connectivity index (χ3n) is 2.21. The van der Waals surface area contributed by atoms with E-state index in [1.807, 2.05) is 6.92 Å². The first kappa shape index (κ1) is 14.8. The number of hydrogen-bond acceptors (Lipinski definition) is 3. The molecule has 1 aromatic rings. The van der Waals surface area contributed by atoms with E-state index in [-0.39, 0.29) is 0 Å². The number of aromatic nitrogens is 1. The highest BCUT2D eigenvalue weighted by atomic mass is 19.4. The number of nitrogens with one attached hydrogen (secondary N) is 1. The molecular weight excluding hydrogens is 245 g/mol. The Morgan fingerprint density at radius 1 is 1.28 bits per heavy atom. The van der Waals surface area contributed by atoms with E-state index in [9.17, 15) is 13.2 Å². The maximum atomic E-state index is 12.3. The molecule has 1 heterocycles. The van der Waals surface area contributed by atoms with Gasteiger partial charge in [0.05, 0.1) is 5.56 Å². The summed E-state index contributed by atoms with van der Waals surface area (Å²) in [5, 5.41) is 2.94. The maximum Gasteiger partial charge on any atom is 0.417 e. The number of hydrogen-bond donors (Lipinski definition) is 1. The van der Waals surface area contributed by atoms with Gasteiger partial charge in [-0.2, -0.15) is 13.2 Å². The third kappa shape index (κ3) is 5.35. The Hall–Kier alpha value is -1.30. The van der Waals surface area contributed by atoms with Gasteiger partial charge in [0.2, 0.25) is 0 Å². The highest BCUT2D eigenvalue weighted by Gasteiger charge is 2.30. The molecule has 0 aliphatic carbocycles. The Labute approximate surface area is 104 Å². The maximum absolute atomic E-state index is 12.3. The van der Waals surface area contributed by atoms with E-state index in [0.717, 1.165) is 31.7 Å². The molecule has 0 spiro atoms. The average Bonchev–Trinajstić information content (AvgIpc) is 2.33. The lowest BCUT2D eigenvalue weighted by molar-refractivity contribution is -0.137. The van der Waals surface area contributed by atoms with Crippen molar-refractivity contribution in [3.05, 3.63) is 23.9 Å². The fraction of sp³-hybridized carbons (Fsp3) is 0.583. The van der Waals surface area contributed by atoms with Crippen LogP contribution in [0.1, 0.15) is 25.3 Å². The summed E-state index contributed by atoms with van der Waals surface area (Å²) < 4.78 is 42.1. The molecule has 102 valence electrons. The van der Waals surface area contributed by atoms with Crippen molar-refractivity contribution in [2.75, 3.05) is 25.1 Å². The fourth-order valence-electron chi connectivity index (χ4n) is 1.30. The van der Waals surface area contributed by atoms with E-state index in [0.29, 0.717) is 19.0 Å². The molecule has 1 N–H and O–H groups in total. The number of alkyl halides is 3. The third-order valence-corrected chi connectivity index (χ3v) is 2.21. The van der Waals surface area contributed by atoms with Gasteiger partial charge in [-0.25, -0.2) is 4.98 Å². The number of pyridine rings is 1. The summed E-state index contributed by atoms with van der Waals surface area (Å²) in [6, 6.07) is 2.35. The van der Waals surface area contributed by atoms with Crippen LogP contribution in [0.4, 0.5) is 19.0 Å². The van der Waals surface area contributed by atoms with Gasteiger partial charge >= 0.3 is 6.18 Å². The summed E-state index contributed by atoms with van der Waals surface area (Å²) in [4.78, 5) is 3.71. The van der Waals surface area contributed by atoms with Crippen LogP contribution < -0.4 is 5.32 Å².